The fourth-order valence-corrected chi connectivity index (χ4v) is 2.95. The monoisotopic (exact) mass is 327 g/mol. The number of hydrogen-bond acceptors (Lipinski definition) is 4. The van der Waals surface area contributed by atoms with Crippen LogP contribution in [0.4, 0.5) is 0 Å². The summed E-state index contributed by atoms with van der Waals surface area (Å²) in [5.41, 5.74) is 2.39. The standard InChI is InChI=1S/C18H25N5O/c1-15-14-17(21-23(15)16-6-3-2-4-7-16)18(24)20-8-5-11-22-12-9-19-10-13-22/h2-4,6-7,14,19H,5,8-13H2,1H3,(H,20,24). The number of rotatable bonds is 6. The van der Waals surface area contributed by atoms with Crippen LogP contribution in [-0.2, 0) is 0 Å². The van der Waals surface area contributed by atoms with E-state index < -0.39 is 0 Å². The molecule has 3 rings (SSSR count). The summed E-state index contributed by atoms with van der Waals surface area (Å²) in [6.45, 7) is 7.97. The van der Waals surface area contributed by atoms with Crippen molar-refractivity contribution in [1.29, 1.82) is 0 Å². The molecule has 1 aromatic carbocycles. The molecule has 0 spiro atoms. The molecule has 1 saturated heterocycles. The fraction of sp³-hybridized carbons (Fsp3) is 0.444. The number of para-hydroxylation sites is 1. The molecular formula is C18H25N5O. The molecule has 1 fully saturated rings. The number of benzene rings is 1. The van der Waals surface area contributed by atoms with Crippen LogP contribution in [0.15, 0.2) is 36.4 Å². The van der Waals surface area contributed by atoms with Crippen molar-refractivity contribution >= 4 is 5.91 Å². The van der Waals surface area contributed by atoms with Crippen LogP contribution >= 0.6 is 0 Å². The maximum atomic E-state index is 12.3. The van der Waals surface area contributed by atoms with Gasteiger partial charge < -0.3 is 15.5 Å². The zero-order valence-electron chi connectivity index (χ0n) is 14.2. The van der Waals surface area contributed by atoms with Crippen LogP contribution in [0.1, 0.15) is 22.6 Å². The van der Waals surface area contributed by atoms with E-state index in [4.69, 9.17) is 0 Å². The number of carbonyl (C=O) groups is 1. The first-order valence-electron chi connectivity index (χ1n) is 8.57. The number of nitrogens with zero attached hydrogens (tertiary/aromatic N) is 3. The SMILES string of the molecule is Cc1cc(C(=O)NCCCN2CCNCC2)nn1-c1ccccc1. The van der Waals surface area contributed by atoms with Crippen LogP contribution in [0.2, 0.25) is 0 Å². The lowest BCUT2D eigenvalue weighted by Gasteiger charge is -2.26. The van der Waals surface area contributed by atoms with Crippen molar-refractivity contribution in [2.45, 2.75) is 13.3 Å². The predicted molar refractivity (Wildman–Crippen MR) is 94.6 cm³/mol. The van der Waals surface area contributed by atoms with E-state index in [0.717, 1.165) is 50.5 Å². The highest BCUT2D eigenvalue weighted by molar-refractivity contribution is 5.92. The van der Waals surface area contributed by atoms with Crippen LogP contribution in [0.5, 0.6) is 0 Å². The number of aryl methyl sites for hydroxylation is 1. The van der Waals surface area contributed by atoms with Gasteiger partial charge in [-0.3, -0.25) is 4.79 Å². The minimum atomic E-state index is -0.104. The highest BCUT2D eigenvalue weighted by Crippen LogP contribution is 2.11. The van der Waals surface area contributed by atoms with Crippen LogP contribution < -0.4 is 10.6 Å². The normalized spacial score (nSPS) is 15.4. The lowest BCUT2D eigenvalue weighted by Crippen LogP contribution is -2.44. The molecule has 6 nitrogen and oxygen atoms in total. The number of piperazine rings is 1. The minimum Gasteiger partial charge on any atom is -0.351 e. The third kappa shape index (κ3) is 4.21. The number of aromatic nitrogens is 2. The zero-order valence-corrected chi connectivity index (χ0v) is 14.2. The van der Waals surface area contributed by atoms with Gasteiger partial charge >= 0.3 is 0 Å². The summed E-state index contributed by atoms with van der Waals surface area (Å²) in [7, 11) is 0. The highest BCUT2D eigenvalue weighted by Gasteiger charge is 2.13. The molecule has 0 unspecified atom stereocenters. The van der Waals surface area contributed by atoms with E-state index in [9.17, 15) is 4.79 Å². The van der Waals surface area contributed by atoms with E-state index in [2.05, 4.69) is 20.6 Å². The molecule has 2 aromatic rings. The second-order valence-electron chi connectivity index (χ2n) is 6.12. The highest BCUT2D eigenvalue weighted by atomic mass is 16.1. The lowest BCUT2D eigenvalue weighted by molar-refractivity contribution is 0.0946. The Hall–Kier alpha value is -2.18. The summed E-state index contributed by atoms with van der Waals surface area (Å²) in [5.74, 6) is -0.104. The molecule has 1 aliphatic heterocycles. The van der Waals surface area contributed by atoms with Gasteiger partial charge in [-0.15, -0.1) is 0 Å². The Morgan fingerprint density at radius 1 is 1.25 bits per heavy atom. The molecule has 6 heteroatoms. The molecule has 0 bridgehead atoms. The molecule has 24 heavy (non-hydrogen) atoms. The van der Waals surface area contributed by atoms with Crippen molar-refractivity contribution in [2.75, 3.05) is 39.3 Å². The number of carbonyl (C=O) groups excluding carboxylic acids is 1. The maximum Gasteiger partial charge on any atom is 0.271 e. The van der Waals surface area contributed by atoms with Crippen molar-refractivity contribution in [3.05, 3.63) is 47.8 Å². The largest absolute Gasteiger partial charge is 0.351 e. The van der Waals surface area contributed by atoms with E-state index in [0.29, 0.717) is 12.2 Å². The van der Waals surface area contributed by atoms with Crippen molar-refractivity contribution < 1.29 is 4.79 Å². The Bertz CT molecular complexity index is 661. The van der Waals surface area contributed by atoms with E-state index in [1.54, 1.807) is 4.68 Å². The Balaban J connectivity index is 1.50. The first-order chi connectivity index (χ1) is 11.7. The zero-order chi connectivity index (χ0) is 16.8. The van der Waals surface area contributed by atoms with Gasteiger partial charge in [0.15, 0.2) is 5.69 Å². The van der Waals surface area contributed by atoms with Gasteiger partial charge in [-0.25, -0.2) is 4.68 Å². The van der Waals surface area contributed by atoms with E-state index >= 15 is 0 Å². The Labute approximate surface area is 142 Å². The summed E-state index contributed by atoms with van der Waals surface area (Å²) >= 11 is 0. The average Bonchev–Trinajstić information content (AvgIpc) is 3.02. The maximum absolute atomic E-state index is 12.3. The molecule has 0 atom stereocenters. The van der Waals surface area contributed by atoms with Gasteiger partial charge in [0.05, 0.1) is 5.69 Å². The van der Waals surface area contributed by atoms with Gasteiger partial charge in [-0.05, 0) is 38.1 Å². The predicted octanol–water partition coefficient (Wildman–Crippen LogP) is 1.21. The molecule has 1 aliphatic rings. The third-order valence-electron chi connectivity index (χ3n) is 4.27. The van der Waals surface area contributed by atoms with Gasteiger partial charge in [-0.2, -0.15) is 5.10 Å². The fourth-order valence-electron chi connectivity index (χ4n) is 2.95. The van der Waals surface area contributed by atoms with E-state index in [1.807, 2.05) is 43.3 Å². The van der Waals surface area contributed by atoms with Gasteiger partial charge in [0.2, 0.25) is 0 Å². The smallest absolute Gasteiger partial charge is 0.271 e. The minimum absolute atomic E-state index is 0.104. The van der Waals surface area contributed by atoms with E-state index in [1.165, 1.54) is 0 Å². The van der Waals surface area contributed by atoms with Crippen molar-refractivity contribution in [3.63, 3.8) is 0 Å². The van der Waals surface area contributed by atoms with Crippen LogP contribution in [0.3, 0.4) is 0 Å². The van der Waals surface area contributed by atoms with Gasteiger partial charge in [0, 0.05) is 38.4 Å². The molecule has 0 saturated carbocycles. The molecule has 128 valence electrons. The van der Waals surface area contributed by atoms with Gasteiger partial charge in [0.25, 0.3) is 5.91 Å². The summed E-state index contributed by atoms with van der Waals surface area (Å²) in [6.07, 6.45) is 0.962. The first-order valence-corrected chi connectivity index (χ1v) is 8.57. The molecule has 0 radical (unpaired) electrons. The Morgan fingerprint density at radius 3 is 2.75 bits per heavy atom. The van der Waals surface area contributed by atoms with Gasteiger partial charge in [-0.1, -0.05) is 18.2 Å². The lowest BCUT2D eigenvalue weighted by atomic mass is 10.3. The molecule has 2 N–H and O–H groups in total. The summed E-state index contributed by atoms with van der Waals surface area (Å²) in [5, 5.41) is 10.8. The number of hydrogen-bond donors (Lipinski definition) is 2. The summed E-state index contributed by atoms with van der Waals surface area (Å²) in [4.78, 5) is 14.7. The number of nitrogens with one attached hydrogen (secondary N) is 2. The quantitative estimate of drug-likeness (QED) is 0.783. The van der Waals surface area contributed by atoms with Crippen LogP contribution in [0.25, 0.3) is 5.69 Å². The van der Waals surface area contributed by atoms with Gasteiger partial charge in [0.1, 0.15) is 0 Å². The number of amides is 1. The van der Waals surface area contributed by atoms with Crippen molar-refractivity contribution in [1.82, 2.24) is 25.3 Å². The van der Waals surface area contributed by atoms with Crippen molar-refractivity contribution in [3.8, 4) is 5.69 Å². The third-order valence-corrected chi connectivity index (χ3v) is 4.27. The van der Waals surface area contributed by atoms with E-state index in [-0.39, 0.29) is 5.91 Å². The first kappa shape index (κ1) is 16.7. The summed E-state index contributed by atoms with van der Waals surface area (Å²) < 4.78 is 1.80. The van der Waals surface area contributed by atoms with Crippen LogP contribution in [0, 0.1) is 6.92 Å². The molecule has 1 amide bonds. The Morgan fingerprint density at radius 2 is 2.00 bits per heavy atom. The molecule has 1 aromatic heterocycles. The molecule has 2 heterocycles. The van der Waals surface area contributed by atoms with Crippen LogP contribution in [-0.4, -0.2) is 59.9 Å². The molecular weight excluding hydrogens is 302 g/mol. The molecule has 0 aliphatic carbocycles. The topological polar surface area (TPSA) is 62.2 Å². The van der Waals surface area contributed by atoms with Crippen molar-refractivity contribution in [2.24, 2.45) is 0 Å². The summed E-state index contributed by atoms with van der Waals surface area (Å²) in [6, 6.07) is 11.7. The second-order valence-corrected chi connectivity index (χ2v) is 6.12. The second kappa shape index (κ2) is 8.08. The average molecular weight is 327 g/mol. The Kier molecular flexibility index (Phi) is 5.61.